The molecule has 0 spiro atoms. The summed E-state index contributed by atoms with van der Waals surface area (Å²) in [6, 6.07) is 13.6. The molecule has 0 aliphatic carbocycles. The number of benzene rings is 1. The maximum absolute atomic E-state index is 9.07. The van der Waals surface area contributed by atoms with Crippen molar-refractivity contribution in [2.75, 3.05) is 11.9 Å². The van der Waals surface area contributed by atoms with Gasteiger partial charge in [-0.05, 0) is 43.7 Å². The van der Waals surface area contributed by atoms with Crippen LogP contribution in [0.4, 0.5) is 5.82 Å². The number of nitrogens with zero attached hydrogens (tertiary/aromatic N) is 2. The first kappa shape index (κ1) is 13.9. The number of anilines is 1. The summed E-state index contributed by atoms with van der Waals surface area (Å²) in [5.74, 6) is 1.45. The zero-order chi connectivity index (χ0) is 14.4. The zero-order valence-electron chi connectivity index (χ0n) is 11.6. The molecular weight excluding hydrogens is 250 g/mol. The van der Waals surface area contributed by atoms with Gasteiger partial charge in [0.25, 0.3) is 0 Å². The average molecular weight is 267 g/mol. The predicted molar refractivity (Wildman–Crippen MR) is 78.6 cm³/mol. The SMILES string of the molecule is CCOc1cccc(C(C)Nc2ncccc2C#N)c1. The van der Waals surface area contributed by atoms with Crippen molar-refractivity contribution in [1.82, 2.24) is 4.98 Å². The highest BCUT2D eigenvalue weighted by Gasteiger charge is 2.09. The van der Waals surface area contributed by atoms with Gasteiger partial charge in [0.15, 0.2) is 0 Å². The molecule has 1 aromatic carbocycles. The van der Waals surface area contributed by atoms with E-state index in [0.717, 1.165) is 11.3 Å². The van der Waals surface area contributed by atoms with Crippen LogP contribution in [0.3, 0.4) is 0 Å². The minimum absolute atomic E-state index is 0.0393. The monoisotopic (exact) mass is 267 g/mol. The quantitative estimate of drug-likeness (QED) is 0.900. The summed E-state index contributed by atoms with van der Waals surface area (Å²) in [6.07, 6.45) is 1.67. The Labute approximate surface area is 119 Å². The molecule has 1 heterocycles. The van der Waals surface area contributed by atoms with Gasteiger partial charge >= 0.3 is 0 Å². The molecule has 0 aliphatic heterocycles. The molecule has 4 heteroatoms. The fourth-order valence-corrected chi connectivity index (χ4v) is 1.94. The van der Waals surface area contributed by atoms with Gasteiger partial charge < -0.3 is 10.1 Å². The van der Waals surface area contributed by atoms with Crippen molar-refractivity contribution in [3.63, 3.8) is 0 Å². The highest BCUT2D eigenvalue weighted by molar-refractivity contribution is 5.52. The number of hydrogen-bond acceptors (Lipinski definition) is 4. The first-order valence-electron chi connectivity index (χ1n) is 6.59. The topological polar surface area (TPSA) is 57.9 Å². The van der Waals surface area contributed by atoms with Crippen molar-refractivity contribution in [1.29, 1.82) is 5.26 Å². The Morgan fingerprint density at radius 1 is 1.35 bits per heavy atom. The highest BCUT2D eigenvalue weighted by atomic mass is 16.5. The maximum Gasteiger partial charge on any atom is 0.144 e. The number of hydrogen-bond donors (Lipinski definition) is 1. The van der Waals surface area contributed by atoms with Crippen molar-refractivity contribution in [3.05, 3.63) is 53.7 Å². The number of nitriles is 1. The van der Waals surface area contributed by atoms with Gasteiger partial charge in [0, 0.05) is 6.20 Å². The average Bonchev–Trinajstić information content (AvgIpc) is 2.48. The van der Waals surface area contributed by atoms with Crippen LogP contribution in [0.2, 0.25) is 0 Å². The molecule has 1 N–H and O–H groups in total. The normalized spacial score (nSPS) is 11.4. The van der Waals surface area contributed by atoms with Crippen LogP contribution in [0.15, 0.2) is 42.6 Å². The summed E-state index contributed by atoms with van der Waals surface area (Å²) in [5, 5.41) is 12.3. The first-order chi connectivity index (χ1) is 9.74. The van der Waals surface area contributed by atoms with Gasteiger partial charge in [-0.15, -0.1) is 0 Å². The smallest absolute Gasteiger partial charge is 0.144 e. The van der Waals surface area contributed by atoms with E-state index in [0.29, 0.717) is 18.0 Å². The lowest BCUT2D eigenvalue weighted by molar-refractivity contribution is 0.340. The molecule has 102 valence electrons. The van der Waals surface area contributed by atoms with Crippen LogP contribution < -0.4 is 10.1 Å². The molecule has 0 radical (unpaired) electrons. The van der Waals surface area contributed by atoms with Crippen LogP contribution >= 0.6 is 0 Å². The molecule has 2 rings (SSSR count). The first-order valence-corrected chi connectivity index (χ1v) is 6.59. The summed E-state index contributed by atoms with van der Waals surface area (Å²) in [4.78, 5) is 4.21. The fraction of sp³-hybridized carbons (Fsp3) is 0.250. The second-order valence-electron chi connectivity index (χ2n) is 4.38. The number of rotatable bonds is 5. The Morgan fingerprint density at radius 2 is 2.20 bits per heavy atom. The molecule has 2 aromatic rings. The molecule has 0 amide bonds. The van der Waals surface area contributed by atoms with Crippen molar-refractivity contribution < 1.29 is 4.74 Å². The van der Waals surface area contributed by atoms with Gasteiger partial charge in [-0.2, -0.15) is 5.26 Å². The van der Waals surface area contributed by atoms with E-state index in [9.17, 15) is 0 Å². The van der Waals surface area contributed by atoms with E-state index < -0.39 is 0 Å². The molecule has 1 unspecified atom stereocenters. The Morgan fingerprint density at radius 3 is 2.95 bits per heavy atom. The van der Waals surface area contributed by atoms with Crippen LogP contribution in [0, 0.1) is 11.3 Å². The molecule has 0 bridgehead atoms. The van der Waals surface area contributed by atoms with Crippen LogP contribution in [-0.2, 0) is 0 Å². The lowest BCUT2D eigenvalue weighted by atomic mass is 10.1. The number of nitrogens with one attached hydrogen (secondary N) is 1. The van der Waals surface area contributed by atoms with E-state index in [1.165, 1.54) is 0 Å². The van der Waals surface area contributed by atoms with E-state index >= 15 is 0 Å². The second kappa shape index (κ2) is 6.58. The van der Waals surface area contributed by atoms with Crippen LogP contribution in [0.1, 0.15) is 31.0 Å². The summed E-state index contributed by atoms with van der Waals surface area (Å²) in [6.45, 7) is 4.63. The van der Waals surface area contributed by atoms with Gasteiger partial charge in [0.2, 0.25) is 0 Å². The molecule has 1 atom stereocenters. The second-order valence-corrected chi connectivity index (χ2v) is 4.38. The largest absolute Gasteiger partial charge is 0.494 e. The summed E-state index contributed by atoms with van der Waals surface area (Å²) in [5.41, 5.74) is 1.63. The van der Waals surface area contributed by atoms with Gasteiger partial charge in [-0.1, -0.05) is 12.1 Å². The standard InChI is InChI=1S/C16H17N3O/c1-3-20-15-8-4-6-13(10-15)12(2)19-16-14(11-17)7-5-9-18-16/h4-10,12H,3H2,1-2H3,(H,18,19). The Kier molecular flexibility index (Phi) is 4.56. The number of ether oxygens (including phenoxy) is 1. The predicted octanol–water partition coefficient (Wildman–Crippen LogP) is 3.53. The van der Waals surface area contributed by atoms with Crippen molar-refractivity contribution in [2.45, 2.75) is 19.9 Å². The molecule has 4 nitrogen and oxygen atoms in total. The van der Waals surface area contributed by atoms with E-state index in [1.54, 1.807) is 18.3 Å². The highest BCUT2D eigenvalue weighted by Crippen LogP contribution is 2.23. The van der Waals surface area contributed by atoms with Crippen LogP contribution in [0.25, 0.3) is 0 Å². The van der Waals surface area contributed by atoms with E-state index in [-0.39, 0.29) is 6.04 Å². The third kappa shape index (κ3) is 3.27. The van der Waals surface area contributed by atoms with Crippen molar-refractivity contribution in [3.8, 4) is 11.8 Å². The molecule has 0 saturated heterocycles. The summed E-state index contributed by atoms with van der Waals surface area (Å²) in [7, 11) is 0. The van der Waals surface area contributed by atoms with E-state index in [2.05, 4.69) is 16.4 Å². The number of aromatic nitrogens is 1. The Bertz CT molecular complexity index is 619. The molecule has 20 heavy (non-hydrogen) atoms. The zero-order valence-corrected chi connectivity index (χ0v) is 11.6. The van der Waals surface area contributed by atoms with Gasteiger partial charge in [0.05, 0.1) is 18.2 Å². The Balaban J connectivity index is 2.17. The summed E-state index contributed by atoms with van der Waals surface area (Å²) >= 11 is 0. The van der Waals surface area contributed by atoms with E-state index in [4.69, 9.17) is 10.00 Å². The third-order valence-electron chi connectivity index (χ3n) is 2.95. The third-order valence-corrected chi connectivity index (χ3v) is 2.95. The summed E-state index contributed by atoms with van der Waals surface area (Å²) < 4.78 is 5.50. The molecule has 1 aromatic heterocycles. The minimum atomic E-state index is 0.0393. The molecule has 0 fully saturated rings. The molecule has 0 saturated carbocycles. The molecule has 0 aliphatic rings. The Hall–Kier alpha value is -2.54. The minimum Gasteiger partial charge on any atom is -0.494 e. The lowest BCUT2D eigenvalue weighted by Gasteiger charge is -2.16. The van der Waals surface area contributed by atoms with Crippen LogP contribution in [0.5, 0.6) is 5.75 Å². The van der Waals surface area contributed by atoms with Gasteiger partial charge in [-0.3, -0.25) is 0 Å². The fourth-order valence-electron chi connectivity index (χ4n) is 1.94. The lowest BCUT2D eigenvalue weighted by Crippen LogP contribution is -2.09. The van der Waals surface area contributed by atoms with Gasteiger partial charge in [-0.25, -0.2) is 4.98 Å². The van der Waals surface area contributed by atoms with E-state index in [1.807, 2.05) is 38.1 Å². The molecular formula is C16H17N3O. The van der Waals surface area contributed by atoms with Crippen molar-refractivity contribution >= 4 is 5.82 Å². The van der Waals surface area contributed by atoms with Crippen molar-refractivity contribution in [2.24, 2.45) is 0 Å². The van der Waals surface area contributed by atoms with Crippen LogP contribution in [-0.4, -0.2) is 11.6 Å². The maximum atomic E-state index is 9.07. The number of pyridine rings is 1. The van der Waals surface area contributed by atoms with Gasteiger partial charge in [0.1, 0.15) is 17.6 Å².